The molecule has 7 heteroatoms. The monoisotopic (exact) mass is 368 g/mol. The summed E-state index contributed by atoms with van der Waals surface area (Å²) < 4.78 is 1.09. The van der Waals surface area contributed by atoms with Gasteiger partial charge in [-0.15, -0.1) is 0 Å². The van der Waals surface area contributed by atoms with Crippen molar-refractivity contribution in [2.75, 3.05) is 6.54 Å². The number of carbonyl (C=O) groups excluding carboxylic acids is 2. The number of hydrogen-bond acceptors (Lipinski definition) is 4. The third kappa shape index (κ3) is 3.22. The summed E-state index contributed by atoms with van der Waals surface area (Å²) in [5.74, 6) is -0.247. The lowest BCUT2D eigenvalue weighted by molar-refractivity contribution is -0.138. The van der Waals surface area contributed by atoms with E-state index in [1.54, 1.807) is 24.3 Å². The van der Waals surface area contributed by atoms with Crippen LogP contribution >= 0.6 is 0 Å². The van der Waals surface area contributed by atoms with Crippen LogP contribution < -0.4 is 11.3 Å². The normalized spacial score (nSPS) is 22.4. The molecule has 7 nitrogen and oxygen atoms in total. The van der Waals surface area contributed by atoms with Crippen LogP contribution in [0.5, 0.6) is 0 Å². The van der Waals surface area contributed by atoms with Gasteiger partial charge in [0.1, 0.15) is 6.54 Å². The van der Waals surface area contributed by atoms with E-state index >= 15 is 0 Å². The average molecular weight is 368 g/mol. The zero-order valence-corrected chi connectivity index (χ0v) is 15.3. The van der Waals surface area contributed by atoms with E-state index in [1.165, 1.54) is 19.3 Å². The van der Waals surface area contributed by atoms with Gasteiger partial charge in [0.25, 0.3) is 11.5 Å². The number of nitrogens with zero attached hydrogens (tertiary/aromatic N) is 3. The summed E-state index contributed by atoms with van der Waals surface area (Å²) in [6, 6.07) is 6.99. The van der Waals surface area contributed by atoms with E-state index in [0.29, 0.717) is 16.7 Å². The topological polar surface area (TPSA) is 98.3 Å². The molecule has 142 valence electrons. The van der Waals surface area contributed by atoms with Gasteiger partial charge >= 0.3 is 0 Å². The Labute approximate surface area is 157 Å². The highest BCUT2D eigenvalue weighted by Crippen LogP contribution is 2.35. The number of likely N-dealkylation sites (tertiary alicyclic amines) is 1. The van der Waals surface area contributed by atoms with Gasteiger partial charge in [-0.1, -0.05) is 31.0 Å². The van der Waals surface area contributed by atoms with Gasteiger partial charge in [0.2, 0.25) is 5.91 Å². The van der Waals surface area contributed by atoms with Crippen LogP contribution in [0.15, 0.2) is 29.1 Å². The molecule has 2 aliphatic rings. The van der Waals surface area contributed by atoms with Crippen molar-refractivity contribution < 1.29 is 9.59 Å². The van der Waals surface area contributed by atoms with Gasteiger partial charge in [-0.05, 0) is 37.7 Å². The third-order valence-electron chi connectivity index (χ3n) is 5.95. The zero-order chi connectivity index (χ0) is 19.0. The van der Waals surface area contributed by atoms with E-state index in [9.17, 15) is 14.4 Å². The van der Waals surface area contributed by atoms with Gasteiger partial charge in [0.05, 0.1) is 5.39 Å². The molecular formula is C20H24N4O3. The standard InChI is InChI=1S/C20H24N4O3/c21-19(26)18-14-8-2-3-9-15(14)20(27)24(22-18)12-17(25)23-11-5-7-13-6-1-4-10-16(13)23/h2-3,8-9,13,16H,1,4-7,10-12H2,(H2,21,26)/t13-,16-/m1/s1. The van der Waals surface area contributed by atoms with E-state index in [-0.39, 0.29) is 29.7 Å². The highest BCUT2D eigenvalue weighted by Gasteiger charge is 2.35. The zero-order valence-electron chi connectivity index (χ0n) is 15.3. The molecule has 1 aliphatic carbocycles. The molecule has 1 saturated heterocycles. The molecule has 2 atom stereocenters. The summed E-state index contributed by atoms with van der Waals surface area (Å²) in [6.07, 6.45) is 6.76. The van der Waals surface area contributed by atoms with E-state index in [2.05, 4.69) is 5.10 Å². The van der Waals surface area contributed by atoms with E-state index in [1.807, 2.05) is 4.90 Å². The molecule has 0 unspecified atom stereocenters. The number of aromatic nitrogens is 2. The Morgan fingerprint density at radius 2 is 1.78 bits per heavy atom. The number of nitrogens with two attached hydrogens (primary N) is 1. The molecule has 2 fully saturated rings. The maximum atomic E-state index is 13.0. The van der Waals surface area contributed by atoms with Crippen LogP contribution in [-0.2, 0) is 11.3 Å². The summed E-state index contributed by atoms with van der Waals surface area (Å²) in [6.45, 7) is 0.568. The van der Waals surface area contributed by atoms with Crippen molar-refractivity contribution in [2.45, 2.75) is 51.1 Å². The van der Waals surface area contributed by atoms with Crippen LogP contribution in [0, 0.1) is 5.92 Å². The minimum absolute atomic E-state index is 0.0205. The number of amides is 2. The van der Waals surface area contributed by atoms with Crippen molar-refractivity contribution >= 4 is 22.6 Å². The van der Waals surface area contributed by atoms with Crippen LogP contribution in [0.1, 0.15) is 49.0 Å². The summed E-state index contributed by atoms with van der Waals surface area (Å²) >= 11 is 0. The predicted octanol–water partition coefficient (Wildman–Crippen LogP) is 1.68. The smallest absolute Gasteiger partial charge is 0.275 e. The third-order valence-corrected chi connectivity index (χ3v) is 5.95. The molecular weight excluding hydrogens is 344 g/mol. The van der Waals surface area contributed by atoms with E-state index in [0.717, 1.165) is 30.5 Å². The van der Waals surface area contributed by atoms with Gasteiger partial charge in [0, 0.05) is 18.0 Å². The Balaban J connectivity index is 1.67. The summed E-state index contributed by atoms with van der Waals surface area (Å²) in [5.41, 5.74) is 5.09. The van der Waals surface area contributed by atoms with Gasteiger partial charge in [-0.25, -0.2) is 4.68 Å². The molecule has 1 aliphatic heterocycles. The molecule has 1 saturated carbocycles. The highest BCUT2D eigenvalue weighted by molar-refractivity contribution is 6.04. The Bertz CT molecular complexity index is 950. The summed E-state index contributed by atoms with van der Waals surface area (Å²) in [4.78, 5) is 39.5. The molecule has 0 spiro atoms. The van der Waals surface area contributed by atoms with Crippen molar-refractivity contribution in [3.63, 3.8) is 0 Å². The van der Waals surface area contributed by atoms with Gasteiger partial charge in [-0.2, -0.15) is 5.10 Å². The number of rotatable bonds is 3. The van der Waals surface area contributed by atoms with Crippen molar-refractivity contribution in [1.29, 1.82) is 0 Å². The Kier molecular flexibility index (Phi) is 4.68. The molecule has 2 heterocycles. The van der Waals surface area contributed by atoms with Crippen molar-refractivity contribution in [1.82, 2.24) is 14.7 Å². The van der Waals surface area contributed by atoms with Crippen molar-refractivity contribution in [3.05, 3.63) is 40.3 Å². The molecule has 1 aromatic carbocycles. The number of piperidine rings is 1. The average Bonchev–Trinajstić information content (AvgIpc) is 2.69. The van der Waals surface area contributed by atoms with E-state index < -0.39 is 5.91 Å². The lowest BCUT2D eigenvalue weighted by Crippen LogP contribution is -2.51. The second-order valence-corrected chi connectivity index (χ2v) is 7.56. The van der Waals surface area contributed by atoms with Crippen LogP contribution in [0.2, 0.25) is 0 Å². The van der Waals surface area contributed by atoms with Gasteiger partial charge in [-0.3, -0.25) is 14.4 Å². The molecule has 27 heavy (non-hydrogen) atoms. The number of hydrogen-bond donors (Lipinski definition) is 1. The fourth-order valence-electron chi connectivity index (χ4n) is 4.68. The van der Waals surface area contributed by atoms with Crippen LogP contribution in [0.25, 0.3) is 10.8 Å². The quantitative estimate of drug-likeness (QED) is 0.891. The van der Waals surface area contributed by atoms with Crippen LogP contribution in [-0.4, -0.2) is 39.1 Å². The van der Waals surface area contributed by atoms with E-state index in [4.69, 9.17) is 5.73 Å². The maximum absolute atomic E-state index is 13.0. The Hall–Kier alpha value is -2.70. The fraction of sp³-hybridized carbons (Fsp3) is 0.500. The largest absolute Gasteiger partial charge is 0.364 e. The molecule has 2 aromatic rings. The summed E-state index contributed by atoms with van der Waals surface area (Å²) in [7, 11) is 0. The van der Waals surface area contributed by atoms with Crippen LogP contribution in [0.4, 0.5) is 0 Å². The summed E-state index contributed by atoms with van der Waals surface area (Å²) in [5, 5.41) is 4.89. The highest BCUT2D eigenvalue weighted by atomic mass is 16.2. The fourth-order valence-corrected chi connectivity index (χ4v) is 4.68. The molecule has 2 N–H and O–H groups in total. The van der Waals surface area contributed by atoms with Crippen LogP contribution in [0.3, 0.4) is 0 Å². The Morgan fingerprint density at radius 1 is 1.07 bits per heavy atom. The molecule has 4 rings (SSSR count). The first-order valence-electron chi connectivity index (χ1n) is 9.65. The van der Waals surface area contributed by atoms with Crippen molar-refractivity contribution in [3.8, 4) is 0 Å². The first-order chi connectivity index (χ1) is 13.1. The molecule has 2 amide bonds. The number of primary amides is 1. The molecule has 1 aromatic heterocycles. The Morgan fingerprint density at radius 3 is 2.56 bits per heavy atom. The SMILES string of the molecule is NC(=O)c1nn(CC(=O)N2CCC[C@H]3CCCC[C@H]32)c(=O)c2ccccc12. The lowest BCUT2D eigenvalue weighted by atomic mass is 9.78. The van der Waals surface area contributed by atoms with Crippen molar-refractivity contribution in [2.24, 2.45) is 11.7 Å². The van der Waals surface area contributed by atoms with Gasteiger partial charge in [0.15, 0.2) is 5.69 Å². The first-order valence-corrected chi connectivity index (χ1v) is 9.65. The second kappa shape index (κ2) is 7.13. The lowest BCUT2D eigenvalue weighted by Gasteiger charge is -2.44. The minimum atomic E-state index is -0.710. The van der Waals surface area contributed by atoms with Gasteiger partial charge < -0.3 is 10.6 Å². The minimum Gasteiger partial charge on any atom is -0.364 e. The first kappa shape index (κ1) is 17.7. The molecule has 0 bridgehead atoms. The maximum Gasteiger partial charge on any atom is 0.275 e. The number of carbonyl (C=O) groups is 2. The number of benzene rings is 1. The molecule has 0 radical (unpaired) electrons. The second-order valence-electron chi connectivity index (χ2n) is 7.56. The predicted molar refractivity (Wildman–Crippen MR) is 101 cm³/mol. The number of fused-ring (bicyclic) bond motifs is 2.